The molecule has 0 atom stereocenters. The Balaban J connectivity index is 2.13. The van der Waals surface area contributed by atoms with Gasteiger partial charge in [-0.1, -0.05) is 49.0 Å². The summed E-state index contributed by atoms with van der Waals surface area (Å²) in [5.74, 6) is 0.684. The van der Waals surface area contributed by atoms with Crippen molar-refractivity contribution in [2.45, 2.75) is 24.3 Å². The number of aromatic hydroxyl groups is 1. The molecule has 0 radical (unpaired) electrons. The van der Waals surface area contributed by atoms with Crippen LogP contribution in [0.2, 0.25) is 0 Å². The molecule has 0 amide bonds. The molecule has 0 aliphatic rings. The number of hydrogen-bond donors (Lipinski definition) is 1. The number of ether oxygens (including phenoxy) is 1. The van der Waals surface area contributed by atoms with Gasteiger partial charge in [-0.25, -0.2) is 0 Å². The van der Waals surface area contributed by atoms with Crippen molar-refractivity contribution in [3.63, 3.8) is 0 Å². The zero-order chi connectivity index (χ0) is 20.1. The van der Waals surface area contributed by atoms with E-state index < -0.39 is 0 Å². The molecule has 0 aliphatic heterocycles. The Labute approximate surface area is 167 Å². The topological polar surface area (TPSA) is 88.1 Å². The normalized spacial score (nSPS) is 10.5. The highest BCUT2D eigenvalue weighted by Crippen LogP contribution is 2.30. The van der Waals surface area contributed by atoms with Gasteiger partial charge < -0.3 is 9.84 Å². The fraction of sp³-hybridized carbons (Fsp3) is 0.190. The summed E-state index contributed by atoms with van der Waals surface area (Å²) in [5, 5.41) is 19.9. The van der Waals surface area contributed by atoms with Crippen LogP contribution in [0.5, 0.6) is 11.6 Å². The first-order valence-electron chi connectivity index (χ1n) is 8.69. The van der Waals surface area contributed by atoms with Crippen molar-refractivity contribution >= 4 is 11.8 Å². The summed E-state index contributed by atoms with van der Waals surface area (Å²) in [7, 11) is 1.54. The third kappa shape index (κ3) is 3.73. The van der Waals surface area contributed by atoms with E-state index in [1.54, 1.807) is 31.2 Å². The number of nitriles is 1. The van der Waals surface area contributed by atoms with Gasteiger partial charge in [0.05, 0.1) is 30.0 Å². The fourth-order valence-corrected chi connectivity index (χ4v) is 3.85. The third-order valence-corrected chi connectivity index (χ3v) is 5.29. The van der Waals surface area contributed by atoms with Crippen LogP contribution in [0, 0.1) is 11.3 Å². The molecule has 0 bridgehead atoms. The second kappa shape index (κ2) is 8.63. The molecular weight excluding hydrogens is 374 g/mol. The van der Waals surface area contributed by atoms with Crippen LogP contribution in [0.4, 0.5) is 0 Å². The highest BCUT2D eigenvalue weighted by atomic mass is 32.2. The number of methoxy groups -OCH3 is 1. The number of nitrogens with zero attached hydrogens (tertiary/aromatic N) is 3. The first-order valence-corrected chi connectivity index (χ1v) is 9.68. The summed E-state index contributed by atoms with van der Waals surface area (Å²) in [6.07, 6.45) is 0.356. The van der Waals surface area contributed by atoms with E-state index >= 15 is 0 Å². The number of para-hydroxylation sites is 2. The van der Waals surface area contributed by atoms with Crippen molar-refractivity contribution in [2.24, 2.45) is 0 Å². The second-order valence-corrected chi connectivity index (χ2v) is 6.86. The fourth-order valence-electron chi connectivity index (χ4n) is 2.86. The standard InChI is InChI=1S/C21H19N3O3S/c1-3-16-19(25)23-21(28-13-15-9-5-4-8-14(15)12-22)24(20(16)26)17-10-6-7-11-18(17)27-2/h4-11,25H,3,13H2,1-2H3. The molecule has 0 saturated carbocycles. The molecule has 28 heavy (non-hydrogen) atoms. The molecule has 1 heterocycles. The summed E-state index contributed by atoms with van der Waals surface area (Å²) < 4.78 is 6.87. The lowest BCUT2D eigenvalue weighted by atomic mass is 10.1. The van der Waals surface area contributed by atoms with Crippen LogP contribution < -0.4 is 10.3 Å². The molecule has 142 valence electrons. The Bertz CT molecular complexity index is 1100. The van der Waals surface area contributed by atoms with E-state index in [-0.39, 0.29) is 17.0 Å². The summed E-state index contributed by atoms with van der Waals surface area (Å²) in [6.45, 7) is 1.79. The van der Waals surface area contributed by atoms with Gasteiger partial charge in [0.2, 0.25) is 5.88 Å². The van der Waals surface area contributed by atoms with Gasteiger partial charge in [-0.3, -0.25) is 9.36 Å². The van der Waals surface area contributed by atoms with Crippen LogP contribution in [0.1, 0.15) is 23.6 Å². The number of hydrogen-bond acceptors (Lipinski definition) is 6. The molecule has 1 aromatic heterocycles. The number of benzene rings is 2. The summed E-state index contributed by atoms with van der Waals surface area (Å²) in [5.41, 5.74) is 1.85. The molecule has 2 aromatic carbocycles. The van der Waals surface area contributed by atoms with Crippen molar-refractivity contribution in [1.29, 1.82) is 5.26 Å². The van der Waals surface area contributed by atoms with E-state index in [9.17, 15) is 15.2 Å². The van der Waals surface area contributed by atoms with E-state index in [1.165, 1.54) is 23.4 Å². The molecule has 0 saturated heterocycles. The van der Waals surface area contributed by atoms with Gasteiger partial charge in [0.15, 0.2) is 5.16 Å². The van der Waals surface area contributed by atoms with Gasteiger partial charge in [-0.15, -0.1) is 0 Å². The van der Waals surface area contributed by atoms with Crippen LogP contribution in [0.3, 0.4) is 0 Å². The first-order chi connectivity index (χ1) is 13.6. The van der Waals surface area contributed by atoms with Gasteiger partial charge in [-0.05, 0) is 30.2 Å². The van der Waals surface area contributed by atoms with Gasteiger partial charge in [0, 0.05) is 5.75 Å². The van der Waals surface area contributed by atoms with E-state index in [4.69, 9.17) is 4.74 Å². The number of rotatable bonds is 6. The molecule has 0 fully saturated rings. The highest BCUT2D eigenvalue weighted by molar-refractivity contribution is 7.98. The van der Waals surface area contributed by atoms with Crippen molar-refractivity contribution in [3.05, 3.63) is 75.6 Å². The maximum atomic E-state index is 13.1. The van der Waals surface area contributed by atoms with Crippen molar-refractivity contribution in [1.82, 2.24) is 9.55 Å². The summed E-state index contributed by atoms with van der Waals surface area (Å²) in [6, 6.07) is 16.6. The SMILES string of the molecule is CCc1c(O)nc(SCc2ccccc2C#N)n(-c2ccccc2OC)c1=O. The maximum Gasteiger partial charge on any atom is 0.265 e. The van der Waals surface area contributed by atoms with E-state index in [0.717, 1.165) is 5.56 Å². The van der Waals surface area contributed by atoms with E-state index in [2.05, 4.69) is 11.1 Å². The van der Waals surface area contributed by atoms with Gasteiger partial charge >= 0.3 is 0 Å². The summed E-state index contributed by atoms with van der Waals surface area (Å²) >= 11 is 1.28. The highest BCUT2D eigenvalue weighted by Gasteiger charge is 2.19. The molecule has 0 unspecified atom stereocenters. The lowest BCUT2D eigenvalue weighted by Gasteiger charge is -2.16. The molecule has 7 heteroatoms. The van der Waals surface area contributed by atoms with Gasteiger partial charge in [0.25, 0.3) is 5.56 Å². The average molecular weight is 393 g/mol. The predicted octanol–water partition coefficient (Wildman–Crippen LogP) is 3.67. The molecular formula is C21H19N3O3S. The molecule has 3 rings (SSSR count). The minimum atomic E-state index is -0.337. The van der Waals surface area contributed by atoms with Crippen LogP contribution in [-0.4, -0.2) is 21.8 Å². The largest absolute Gasteiger partial charge is 0.495 e. The van der Waals surface area contributed by atoms with Crippen LogP contribution in [0.25, 0.3) is 5.69 Å². The average Bonchev–Trinajstić information content (AvgIpc) is 2.72. The van der Waals surface area contributed by atoms with Crippen LogP contribution >= 0.6 is 11.8 Å². The Hall–Kier alpha value is -3.24. The first kappa shape index (κ1) is 19.5. The molecule has 6 nitrogen and oxygen atoms in total. The van der Waals surface area contributed by atoms with Gasteiger partial charge in [0.1, 0.15) is 5.75 Å². The Morgan fingerprint density at radius 3 is 2.64 bits per heavy atom. The maximum absolute atomic E-state index is 13.1. The number of aromatic nitrogens is 2. The smallest absolute Gasteiger partial charge is 0.265 e. The zero-order valence-corrected chi connectivity index (χ0v) is 16.4. The molecule has 3 aromatic rings. The van der Waals surface area contributed by atoms with Crippen LogP contribution in [0.15, 0.2) is 58.5 Å². The lowest BCUT2D eigenvalue weighted by molar-refractivity contribution is 0.408. The van der Waals surface area contributed by atoms with E-state index in [1.807, 2.05) is 24.3 Å². The quantitative estimate of drug-likeness (QED) is 0.508. The third-order valence-electron chi connectivity index (χ3n) is 4.30. The Morgan fingerprint density at radius 1 is 1.21 bits per heavy atom. The molecule has 1 N–H and O–H groups in total. The monoisotopic (exact) mass is 393 g/mol. The lowest BCUT2D eigenvalue weighted by Crippen LogP contribution is -2.25. The minimum absolute atomic E-state index is 0.243. The molecule has 0 spiro atoms. The Morgan fingerprint density at radius 2 is 1.93 bits per heavy atom. The van der Waals surface area contributed by atoms with Crippen molar-refractivity contribution < 1.29 is 9.84 Å². The van der Waals surface area contributed by atoms with E-state index in [0.29, 0.717) is 34.3 Å². The van der Waals surface area contributed by atoms with Crippen molar-refractivity contribution in [2.75, 3.05) is 7.11 Å². The van der Waals surface area contributed by atoms with Crippen molar-refractivity contribution in [3.8, 4) is 23.4 Å². The number of thioether (sulfide) groups is 1. The summed E-state index contributed by atoms with van der Waals surface area (Å²) in [4.78, 5) is 17.4. The predicted molar refractivity (Wildman–Crippen MR) is 108 cm³/mol. The van der Waals surface area contributed by atoms with Gasteiger partial charge in [-0.2, -0.15) is 10.2 Å². The Kier molecular flexibility index (Phi) is 6.02. The second-order valence-electron chi connectivity index (χ2n) is 5.92. The molecule has 0 aliphatic carbocycles. The van der Waals surface area contributed by atoms with Crippen LogP contribution in [-0.2, 0) is 12.2 Å². The zero-order valence-electron chi connectivity index (χ0n) is 15.5. The minimum Gasteiger partial charge on any atom is -0.495 e.